The Morgan fingerprint density at radius 1 is 1.28 bits per heavy atom. The molecular weight excluding hydrogens is 258 g/mol. The summed E-state index contributed by atoms with van der Waals surface area (Å²) in [6.07, 6.45) is 0.125. The molecule has 1 atom stereocenters. The molecule has 0 aromatic carbocycles. The fourth-order valence-corrected chi connectivity index (χ4v) is 2.21. The van der Waals surface area contributed by atoms with E-state index in [-0.39, 0.29) is 36.2 Å². The first-order valence-electron chi connectivity index (χ1n) is 5.90. The molecule has 0 saturated heterocycles. The van der Waals surface area contributed by atoms with E-state index in [0.717, 1.165) is 0 Å². The Morgan fingerprint density at radius 2 is 1.83 bits per heavy atom. The van der Waals surface area contributed by atoms with Gasteiger partial charge in [0.2, 0.25) is 5.91 Å². The maximum absolute atomic E-state index is 11.4. The second kappa shape index (κ2) is 7.35. The van der Waals surface area contributed by atoms with Gasteiger partial charge in [0.1, 0.15) is 15.9 Å². The minimum absolute atomic E-state index is 0.0285. The van der Waals surface area contributed by atoms with Crippen LogP contribution in [0.1, 0.15) is 33.6 Å². The zero-order chi connectivity index (χ0) is 14.3. The Balaban J connectivity index is 4.42. The van der Waals surface area contributed by atoms with E-state index in [1.165, 1.54) is 6.92 Å². The van der Waals surface area contributed by atoms with Crippen LogP contribution in [0.2, 0.25) is 0 Å². The molecule has 0 rings (SSSR count). The van der Waals surface area contributed by atoms with Crippen molar-refractivity contribution >= 4 is 21.7 Å². The van der Waals surface area contributed by atoms with Gasteiger partial charge in [-0.2, -0.15) is 0 Å². The highest BCUT2D eigenvalue weighted by Gasteiger charge is 2.22. The zero-order valence-electron chi connectivity index (χ0n) is 11.0. The van der Waals surface area contributed by atoms with Crippen molar-refractivity contribution in [3.8, 4) is 0 Å². The molecule has 0 aromatic rings. The Bertz CT molecular complexity index is 388. The normalized spacial score (nSPS) is 13.3. The van der Waals surface area contributed by atoms with Gasteiger partial charge in [-0.15, -0.1) is 0 Å². The van der Waals surface area contributed by atoms with E-state index in [2.05, 4.69) is 5.32 Å². The third-order valence-corrected chi connectivity index (χ3v) is 4.12. The Morgan fingerprint density at radius 3 is 2.22 bits per heavy atom. The number of nitrogens with one attached hydrogen (secondary N) is 1. The van der Waals surface area contributed by atoms with Gasteiger partial charge >= 0.3 is 5.97 Å². The van der Waals surface area contributed by atoms with Crippen molar-refractivity contribution in [3.63, 3.8) is 0 Å². The molecule has 0 radical (unpaired) electrons. The van der Waals surface area contributed by atoms with Crippen LogP contribution in [0.4, 0.5) is 0 Å². The Hall–Kier alpha value is -1.11. The summed E-state index contributed by atoms with van der Waals surface area (Å²) >= 11 is 0. The van der Waals surface area contributed by atoms with E-state index in [9.17, 15) is 18.0 Å². The van der Waals surface area contributed by atoms with Crippen LogP contribution in [0.3, 0.4) is 0 Å². The minimum atomic E-state index is -3.22. The molecule has 2 N–H and O–H groups in total. The highest BCUT2D eigenvalue weighted by atomic mass is 32.2. The van der Waals surface area contributed by atoms with Gasteiger partial charge < -0.3 is 10.4 Å². The van der Waals surface area contributed by atoms with Crippen LogP contribution in [0.25, 0.3) is 0 Å². The number of sulfone groups is 1. The van der Waals surface area contributed by atoms with Crippen LogP contribution in [-0.2, 0) is 19.4 Å². The molecule has 0 fully saturated rings. The van der Waals surface area contributed by atoms with Gasteiger partial charge in [0, 0.05) is 12.2 Å². The van der Waals surface area contributed by atoms with E-state index in [1.54, 1.807) is 0 Å². The number of carboxylic acids is 1. The molecule has 0 aliphatic rings. The maximum atomic E-state index is 11.4. The van der Waals surface area contributed by atoms with Gasteiger partial charge in [-0.05, 0) is 12.3 Å². The second-order valence-corrected chi connectivity index (χ2v) is 7.05. The maximum Gasteiger partial charge on any atom is 0.326 e. The monoisotopic (exact) mass is 279 g/mol. The Kier molecular flexibility index (Phi) is 6.90. The zero-order valence-corrected chi connectivity index (χ0v) is 11.8. The topological polar surface area (TPSA) is 101 Å². The highest BCUT2D eigenvalue weighted by molar-refractivity contribution is 7.91. The molecule has 0 aromatic heterocycles. The molecule has 7 heteroatoms. The lowest BCUT2D eigenvalue weighted by atomic mass is 10.1. The lowest BCUT2D eigenvalue weighted by molar-refractivity contribution is -0.142. The lowest BCUT2D eigenvalue weighted by Gasteiger charge is -2.15. The van der Waals surface area contributed by atoms with Gasteiger partial charge in [0.15, 0.2) is 0 Å². The molecule has 1 unspecified atom stereocenters. The average molecular weight is 279 g/mol. The summed E-state index contributed by atoms with van der Waals surface area (Å²) in [5.41, 5.74) is 0. The van der Waals surface area contributed by atoms with Gasteiger partial charge in [0.05, 0.1) is 5.75 Å². The SMILES string of the molecule is CCS(=O)(=O)CCC(NC(=O)CC(C)C)C(=O)O. The van der Waals surface area contributed by atoms with Gasteiger partial charge in [-0.25, -0.2) is 13.2 Å². The molecule has 1 amide bonds. The van der Waals surface area contributed by atoms with Crippen LogP contribution in [-0.4, -0.2) is 42.9 Å². The van der Waals surface area contributed by atoms with E-state index in [4.69, 9.17) is 5.11 Å². The number of rotatable bonds is 8. The summed E-state index contributed by atoms with van der Waals surface area (Å²) in [5, 5.41) is 11.3. The minimum Gasteiger partial charge on any atom is -0.480 e. The van der Waals surface area contributed by atoms with Crippen LogP contribution >= 0.6 is 0 Å². The summed E-state index contributed by atoms with van der Waals surface area (Å²) in [7, 11) is -3.22. The number of carboxylic acid groups (broad SMARTS) is 1. The number of amides is 1. The fraction of sp³-hybridized carbons (Fsp3) is 0.818. The molecular formula is C11H21NO5S. The average Bonchev–Trinajstić information content (AvgIpc) is 2.22. The predicted molar refractivity (Wildman–Crippen MR) is 68.0 cm³/mol. The van der Waals surface area contributed by atoms with Gasteiger partial charge in [-0.3, -0.25) is 4.79 Å². The molecule has 106 valence electrons. The van der Waals surface area contributed by atoms with Crippen molar-refractivity contribution in [1.29, 1.82) is 0 Å². The first kappa shape index (κ1) is 16.9. The number of hydrogen-bond donors (Lipinski definition) is 2. The molecule has 6 nitrogen and oxygen atoms in total. The van der Waals surface area contributed by atoms with Crippen molar-refractivity contribution < 1.29 is 23.1 Å². The second-order valence-electron chi connectivity index (χ2n) is 4.58. The highest BCUT2D eigenvalue weighted by Crippen LogP contribution is 2.03. The van der Waals surface area contributed by atoms with E-state index in [0.29, 0.717) is 0 Å². The standard InChI is InChI=1S/C11H21NO5S/c1-4-18(16,17)6-5-9(11(14)15)12-10(13)7-8(2)3/h8-9H,4-7H2,1-3H3,(H,12,13)(H,14,15). The van der Waals surface area contributed by atoms with Crippen molar-refractivity contribution in [2.24, 2.45) is 5.92 Å². The fourth-order valence-electron chi connectivity index (χ4n) is 1.32. The van der Waals surface area contributed by atoms with Gasteiger partial charge in [0.25, 0.3) is 0 Å². The molecule has 0 aliphatic carbocycles. The van der Waals surface area contributed by atoms with Gasteiger partial charge in [-0.1, -0.05) is 20.8 Å². The molecule has 0 heterocycles. The molecule has 0 spiro atoms. The summed E-state index contributed by atoms with van der Waals surface area (Å²) in [6.45, 7) is 5.19. The van der Waals surface area contributed by atoms with E-state index in [1.807, 2.05) is 13.8 Å². The van der Waals surface area contributed by atoms with E-state index >= 15 is 0 Å². The summed E-state index contributed by atoms with van der Waals surface area (Å²) in [6, 6.07) is -1.14. The van der Waals surface area contributed by atoms with Crippen LogP contribution in [0.15, 0.2) is 0 Å². The summed E-state index contributed by atoms with van der Waals surface area (Å²) in [4.78, 5) is 22.4. The van der Waals surface area contributed by atoms with Crippen molar-refractivity contribution in [3.05, 3.63) is 0 Å². The van der Waals surface area contributed by atoms with E-state index < -0.39 is 21.8 Å². The largest absolute Gasteiger partial charge is 0.480 e. The van der Waals surface area contributed by atoms with Crippen molar-refractivity contribution in [2.75, 3.05) is 11.5 Å². The van der Waals surface area contributed by atoms with Crippen molar-refractivity contribution in [2.45, 2.75) is 39.7 Å². The first-order valence-corrected chi connectivity index (χ1v) is 7.72. The molecule has 0 bridgehead atoms. The van der Waals surface area contributed by atoms with Crippen LogP contribution in [0.5, 0.6) is 0 Å². The molecule has 0 aliphatic heterocycles. The number of aliphatic carboxylic acids is 1. The first-order chi connectivity index (χ1) is 8.18. The smallest absolute Gasteiger partial charge is 0.326 e. The third-order valence-electron chi connectivity index (χ3n) is 2.38. The van der Waals surface area contributed by atoms with Crippen molar-refractivity contribution in [1.82, 2.24) is 5.32 Å². The summed E-state index contributed by atoms with van der Waals surface area (Å²) < 4.78 is 22.6. The summed E-state index contributed by atoms with van der Waals surface area (Å²) in [5.74, 6) is -1.72. The number of hydrogen-bond acceptors (Lipinski definition) is 4. The quantitative estimate of drug-likeness (QED) is 0.671. The number of carbonyl (C=O) groups is 2. The number of carbonyl (C=O) groups excluding carboxylic acids is 1. The molecule has 18 heavy (non-hydrogen) atoms. The third kappa shape index (κ3) is 7.26. The van der Waals surface area contributed by atoms with Crippen LogP contribution in [0, 0.1) is 5.92 Å². The molecule has 0 saturated carbocycles. The Labute approximate surface area is 108 Å². The predicted octanol–water partition coefficient (Wildman–Crippen LogP) is 0.427. The lowest BCUT2D eigenvalue weighted by Crippen LogP contribution is -2.42. The van der Waals surface area contributed by atoms with Crippen LogP contribution < -0.4 is 5.32 Å².